The van der Waals surface area contributed by atoms with Crippen LogP contribution in [0.2, 0.25) is 0 Å². The fourth-order valence-corrected chi connectivity index (χ4v) is 4.14. The first-order valence-electron chi connectivity index (χ1n) is 7.17. The molecule has 1 aliphatic heterocycles. The third kappa shape index (κ3) is 3.47. The monoisotopic (exact) mass is 323 g/mol. The van der Waals surface area contributed by atoms with Gasteiger partial charge in [-0.15, -0.1) is 0 Å². The predicted octanol–water partition coefficient (Wildman–Crippen LogP) is 0.914. The summed E-state index contributed by atoms with van der Waals surface area (Å²) in [5.41, 5.74) is 0.462. The molecule has 7 heteroatoms. The summed E-state index contributed by atoms with van der Waals surface area (Å²) in [6.07, 6.45) is 1.83. The van der Waals surface area contributed by atoms with E-state index in [-0.39, 0.29) is 22.5 Å². The van der Waals surface area contributed by atoms with Crippen molar-refractivity contribution in [3.8, 4) is 6.07 Å². The third-order valence-corrected chi connectivity index (χ3v) is 5.43. The molecule has 2 N–H and O–H groups in total. The van der Waals surface area contributed by atoms with Crippen LogP contribution in [0, 0.1) is 18.3 Å². The van der Waals surface area contributed by atoms with Gasteiger partial charge in [-0.05, 0) is 37.9 Å². The van der Waals surface area contributed by atoms with Gasteiger partial charge in [-0.3, -0.25) is 0 Å². The molecule has 1 aliphatic rings. The number of rotatable bonds is 6. The molecule has 1 saturated heterocycles. The molecule has 0 saturated carbocycles. The second-order valence-electron chi connectivity index (χ2n) is 5.63. The quantitative estimate of drug-likeness (QED) is 0.812. The minimum atomic E-state index is -3.74. The molecule has 22 heavy (non-hydrogen) atoms. The lowest BCUT2D eigenvalue weighted by molar-refractivity contribution is 0.122. The van der Waals surface area contributed by atoms with Crippen molar-refractivity contribution >= 4 is 10.0 Å². The highest BCUT2D eigenvalue weighted by Crippen LogP contribution is 2.22. The maximum atomic E-state index is 12.5. The second-order valence-corrected chi connectivity index (χ2v) is 7.36. The van der Waals surface area contributed by atoms with Crippen LogP contribution in [0.25, 0.3) is 0 Å². The van der Waals surface area contributed by atoms with E-state index >= 15 is 0 Å². The van der Waals surface area contributed by atoms with E-state index in [1.807, 2.05) is 6.07 Å². The average molecular weight is 323 g/mol. The molecule has 1 aromatic rings. The molecule has 6 nitrogen and oxygen atoms in total. The van der Waals surface area contributed by atoms with Crippen LogP contribution >= 0.6 is 0 Å². The van der Waals surface area contributed by atoms with Gasteiger partial charge in [0, 0.05) is 13.7 Å². The van der Waals surface area contributed by atoms with Gasteiger partial charge in [0.1, 0.15) is 6.07 Å². The van der Waals surface area contributed by atoms with Crippen LogP contribution in [-0.4, -0.2) is 40.8 Å². The number of nitriles is 1. The molecule has 1 unspecified atom stereocenters. The Balaban J connectivity index is 2.22. The van der Waals surface area contributed by atoms with E-state index in [9.17, 15) is 13.7 Å². The number of methoxy groups -OCH3 is 1. The van der Waals surface area contributed by atoms with E-state index in [2.05, 4.69) is 10.0 Å². The van der Waals surface area contributed by atoms with Gasteiger partial charge in [-0.25, -0.2) is 13.1 Å². The van der Waals surface area contributed by atoms with E-state index in [1.165, 1.54) is 6.07 Å². The Morgan fingerprint density at radius 3 is 2.86 bits per heavy atom. The van der Waals surface area contributed by atoms with Gasteiger partial charge in [-0.1, -0.05) is 12.1 Å². The molecule has 0 bridgehead atoms. The summed E-state index contributed by atoms with van der Waals surface area (Å²) < 4.78 is 32.9. The molecular weight excluding hydrogens is 302 g/mol. The number of hydrogen-bond acceptors (Lipinski definition) is 5. The lowest BCUT2D eigenvalue weighted by atomic mass is 9.99. The Morgan fingerprint density at radius 1 is 1.50 bits per heavy atom. The molecule has 1 heterocycles. The minimum Gasteiger partial charge on any atom is -0.383 e. The number of nitrogens with zero attached hydrogens (tertiary/aromatic N) is 1. The number of hydrogen-bond donors (Lipinski definition) is 2. The second kappa shape index (κ2) is 6.75. The van der Waals surface area contributed by atoms with E-state index < -0.39 is 10.0 Å². The van der Waals surface area contributed by atoms with Crippen LogP contribution in [-0.2, 0) is 14.8 Å². The van der Waals surface area contributed by atoms with Crippen LogP contribution in [0.4, 0.5) is 0 Å². The molecule has 0 radical (unpaired) electrons. The first-order valence-corrected chi connectivity index (χ1v) is 8.66. The normalized spacial score (nSPS) is 21.7. The van der Waals surface area contributed by atoms with Gasteiger partial charge < -0.3 is 10.1 Å². The summed E-state index contributed by atoms with van der Waals surface area (Å²) in [4.78, 5) is 0.0283. The SMILES string of the molecule is COCC1(CNS(=O)(=O)c2cccc(C)c2C#N)CCCN1. The van der Waals surface area contributed by atoms with Gasteiger partial charge >= 0.3 is 0 Å². The molecule has 0 aromatic heterocycles. The van der Waals surface area contributed by atoms with Crippen LogP contribution in [0.1, 0.15) is 24.0 Å². The Hall–Kier alpha value is -1.46. The van der Waals surface area contributed by atoms with Crippen LogP contribution < -0.4 is 10.0 Å². The van der Waals surface area contributed by atoms with E-state index in [1.54, 1.807) is 26.2 Å². The van der Waals surface area contributed by atoms with Crippen molar-refractivity contribution in [2.45, 2.75) is 30.2 Å². The maximum Gasteiger partial charge on any atom is 0.241 e. The minimum absolute atomic E-state index is 0.0283. The number of benzene rings is 1. The van der Waals surface area contributed by atoms with Crippen LogP contribution in [0.5, 0.6) is 0 Å². The fraction of sp³-hybridized carbons (Fsp3) is 0.533. The Morgan fingerprint density at radius 2 is 2.27 bits per heavy atom. The molecule has 2 rings (SSSR count). The molecule has 0 aliphatic carbocycles. The maximum absolute atomic E-state index is 12.5. The van der Waals surface area contributed by atoms with Crippen molar-refractivity contribution < 1.29 is 13.2 Å². The van der Waals surface area contributed by atoms with Gasteiger partial charge in [0.15, 0.2) is 0 Å². The Kier molecular flexibility index (Phi) is 5.19. The topological polar surface area (TPSA) is 91.2 Å². The van der Waals surface area contributed by atoms with Crippen molar-refractivity contribution in [1.29, 1.82) is 5.26 Å². The number of sulfonamides is 1. The Labute approximate surface area is 131 Å². The largest absolute Gasteiger partial charge is 0.383 e. The Bertz CT molecular complexity index is 674. The van der Waals surface area contributed by atoms with Gasteiger partial charge in [0.05, 0.1) is 22.6 Å². The fourth-order valence-electron chi connectivity index (χ4n) is 2.79. The molecule has 120 valence electrons. The summed E-state index contributed by atoms with van der Waals surface area (Å²) in [6.45, 7) is 3.25. The van der Waals surface area contributed by atoms with Crippen molar-refractivity contribution in [2.75, 3.05) is 26.8 Å². The molecule has 1 fully saturated rings. The lowest BCUT2D eigenvalue weighted by Crippen LogP contribution is -2.52. The first kappa shape index (κ1) is 16.9. The smallest absolute Gasteiger partial charge is 0.241 e. The number of nitrogens with one attached hydrogen (secondary N) is 2. The van der Waals surface area contributed by atoms with Gasteiger partial charge in [-0.2, -0.15) is 5.26 Å². The van der Waals surface area contributed by atoms with Gasteiger partial charge in [0.25, 0.3) is 0 Å². The van der Waals surface area contributed by atoms with E-state index in [0.29, 0.717) is 12.2 Å². The van der Waals surface area contributed by atoms with E-state index in [4.69, 9.17) is 4.74 Å². The molecular formula is C15H21N3O3S. The number of aryl methyl sites for hydroxylation is 1. The van der Waals surface area contributed by atoms with Gasteiger partial charge in [0.2, 0.25) is 10.0 Å². The zero-order chi connectivity index (χ0) is 16.2. The molecule has 0 amide bonds. The summed E-state index contributed by atoms with van der Waals surface area (Å²) in [5.74, 6) is 0. The molecule has 1 aromatic carbocycles. The van der Waals surface area contributed by atoms with Crippen LogP contribution in [0.3, 0.4) is 0 Å². The average Bonchev–Trinajstić information content (AvgIpc) is 2.94. The molecule has 0 spiro atoms. The standard InChI is InChI=1S/C15H21N3O3S/c1-12-5-3-6-14(13(12)9-16)22(19,20)18-10-15(11-21-2)7-4-8-17-15/h3,5-6,17-18H,4,7-8,10-11H2,1-2H3. The highest BCUT2D eigenvalue weighted by atomic mass is 32.2. The summed E-state index contributed by atoms with van der Waals surface area (Å²) in [5, 5.41) is 12.5. The number of ether oxygens (including phenoxy) is 1. The summed E-state index contributed by atoms with van der Waals surface area (Å²) >= 11 is 0. The van der Waals surface area contributed by atoms with Crippen molar-refractivity contribution in [1.82, 2.24) is 10.0 Å². The zero-order valence-corrected chi connectivity index (χ0v) is 13.7. The van der Waals surface area contributed by atoms with E-state index in [0.717, 1.165) is 19.4 Å². The highest BCUT2D eigenvalue weighted by molar-refractivity contribution is 7.89. The molecule has 1 atom stereocenters. The van der Waals surface area contributed by atoms with Crippen molar-refractivity contribution in [3.05, 3.63) is 29.3 Å². The summed E-state index contributed by atoms with van der Waals surface area (Å²) in [7, 11) is -2.14. The van der Waals surface area contributed by atoms with Crippen molar-refractivity contribution in [2.24, 2.45) is 0 Å². The lowest BCUT2D eigenvalue weighted by Gasteiger charge is -2.29. The van der Waals surface area contributed by atoms with Crippen molar-refractivity contribution in [3.63, 3.8) is 0 Å². The highest BCUT2D eigenvalue weighted by Gasteiger charge is 2.35. The van der Waals surface area contributed by atoms with Crippen LogP contribution in [0.15, 0.2) is 23.1 Å². The summed E-state index contributed by atoms with van der Waals surface area (Å²) in [6, 6.07) is 6.80. The first-order chi connectivity index (χ1) is 10.4. The third-order valence-electron chi connectivity index (χ3n) is 3.99. The predicted molar refractivity (Wildman–Crippen MR) is 82.9 cm³/mol. The zero-order valence-electron chi connectivity index (χ0n) is 12.8.